The molecule has 2 fully saturated rings. The van der Waals surface area contributed by atoms with Gasteiger partial charge in [0.15, 0.2) is 0 Å². The van der Waals surface area contributed by atoms with E-state index in [4.69, 9.17) is 5.73 Å². The molecule has 0 bridgehead atoms. The number of carbonyl (C=O) groups excluding carboxylic acids is 1. The minimum absolute atomic E-state index is 0. The van der Waals surface area contributed by atoms with Gasteiger partial charge in [0, 0.05) is 18.0 Å². The van der Waals surface area contributed by atoms with Gasteiger partial charge in [-0.3, -0.25) is 4.79 Å². The standard InChI is InChI=1S/C17H33N3O.2ClH/c1-20(2)17(10-5-3-4-6-11-17)13-19-16(21)15-9-7-8-14(15)12-18;;/h14-15H,3-13,18H2,1-2H3,(H,19,21);2*1H/t14-,15-;;/m1../s1. The summed E-state index contributed by atoms with van der Waals surface area (Å²) in [6.45, 7) is 1.45. The van der Waals surface area contributed by atoms with Crippen molar-refractivity contribution < 1.29 is 4.79 Å². The second-order valence-electron chi connectivity index (χ2n) is 7.28. The smallest absolute Gasteiger partial charge is 0.223 e. The van der Waals surface area contributed by atoms with Crippen molar-refractivity contribution in [3.8, 4) is 0 Å². The number of hydrogen-bond donors (Lipinski definition) is 2. The van der Waals surface area contributed by atoms with E-state index < -0.39 is 0 Å². The Kier molecular flexibility index (Phi) is 10.7. The number of nitrogens with one attached hydrogen (secondary N) is 1. The molecule has 6 heteroatoms. The first-order valence-electron chi connectivity index (χ1n) is 8.74. The lowest BCUT2D eigenvalue weighted by Gasteiger charge is -2.40. The van der Waals surface area contributed by atoms with Gasteiger partial charge in [0.05, 0.1) is 0 Å². The van der Waals surface area contributed by atoms with Gasteiger partial charge in [-0.05, 0) is 52.2 Å². The lowest BCUT2D eigenvalue weighted by atomic mass is 9.88. The van der Waals surface area contributed by atoms with Crippen LogP contribution < -0.4 is 11.1 Å². The summed E-state index contributed by atoms with van der Waals surface area (Å²) >= 11 is 0. The number of amides is 1. The van der Waals surface area contributed by atoms with Crippen LogP contribution in [0.25, 0.3) is 0 Å². The van der Waals surface area contributed by atoms with Crippen LogP contribution >= 0.6 is 24.8 Å². The molecule has 0 heterocycles. The number of likely N-dealkylation sites (N-methyl/N-ethyl adjacent to an activating group) is 1. The normalized spacial score (nSPS) is 26.8. The van der Waals surface area contributed by atoms with Crippen LogP contribution in [-0.2, 0) is 4.79 Å². The van der Waals surface area contributed by atoms with Crippen molar-refractivity contribution in [2.75, 3.05) is 27.2 Å². The summed E-state index contributed by atoms with van der Waals surface area (Å²) in [5.74, 6) is 0.794. The summed E-state index contributed by atoms with van der Waals surface area (Å²) in [5, 5.41) is 3.27. The highest BCUT2D eigenvalue weighted by atomic mass is 35.5. The Morgan fingerprint density at radius 2 is 1.70 bits per heavy atom. The molecule has 3 N–H and O–H groups in total. The molecule has 0 spiro atoms. The highest BCUT2D eigenvalue weighted by Crippen LogP contribution is 2.33. The van der Waals surface area contributed by atoms with Crippen LogP contribution in [0.4, 0.5) is 0 Å². The van der Waals surface area contributed by atoms with Crippen molar-refractivity contribution in [1.29, 1.82) is 0 Å². The topological polar surface area (TPSA) is 58.4 Å². The SMILES string of the molecule is CN(C)C1(CNC(=O)[C@@H]2CCC[C@@H]2CN)CCCCCC1.Cl.Cl. The minimum Gasteiger partial charge on any atom is -0.354 e. The third-order valence-electron chi connectivity index (χ3n) is 5.87. The molecular weight excluding hydrogens is 333 g/mol. The minimum atomic E-state index is 0. The van der Waals surface area contributed by atoms with Gasteiger partial charge in [0.2, 0.25) is 5.91 Å². The molecule has 0 saturated heterocycles. The fraction of sp³-hybridized carbons (Fsp3) is 0.941. The molecule has 2 atom stereocenters. The molecule has 2 aliphatic rings. The van der Waals surface area contributed by atoms with E-state index in [2.05, 4.69) is 24.3 Å². The average Bonchev–Trinajstić information content (AvgIpc) is 2.82. The number of rotatable bonds is 5. The Labute approximate surface area is 154 Å². The average molecular weight is 368 g/mol. The van der Waals surface area contributed by atoms with E-state index in [1.807, 2.05) is 0 Å². The highest BCUT2D eigenvalue weighted by Gasteiger charge is 2.36. The van der Waals surface area contributed by atoms with E-state index >= 15 is 0 Å². The maximum Gasteiger partial charge on any atom is 0.223 e. The largest absolute Gasteiger partial charge is 0.354 e. The quantitative estimate of drug-likeness (QED) is 0.734. The Bertz CT molecular complexity index is 345. The Balaban J connectivity index is 0.00000242. The number of halogens is 2. The Hall–Kier alpha value is -0.0300. The molecule has 4 nitrogen and oxygen atoms in total. The molecule has 0 aromatic heterocycles. The van der Waals surface area contributed by atoms with Crippen molar-refractivity contribution in [3.63, 3.8) is 0 Å². The van der Waals surface area contributed by atoms with E-state index in [9.17, 15) is 4.79 Å². The van der Waals surface area contributed by atoms with Gasteiger partial charge in [-0.1, -0.05) is 32.1 Å². The molecular formula is C17H35Cl2N3O. The maximum absolute atomic E-state index is 12.5. The van der Waals surface area contributed by atoms with Crippen LogP contribution in [0.15, 0.2) is 0 Å². The van der Waals surface area contributed by atoms with Crippen molar-refractivity contribution in [2.24, 2.45) is 17.6 Å². The molecule has 23 heavy (non-hydrogen) atoms. The van der Waals surface area contributed by atoms with E-state index in [0.29, 0.717) is 12.5 Å². The zero-order valence-corrected chi connectivity index (χ0v) is 16.3. The van der Waals surface area contributed by atoms with Crippen molar-refractivity contribution >= 4 is 30.7 Å². The van der Waals surface area contributed by atoms with Crippen LogP contribution in [0.1, 0.15) is 57.8 Å². The molecule has 0 radical (unpaired) electrons. The Morgan fingerprint density at radius 1 is 1.09 bits per heavy atom. The molecule has 0 unspecified atom stereocenters. The lowest BCUT2D eigenvalue weighted by Crippen LogP contribution is -2.53. The van der Waals surface area contributed by atoms with Gasteiger partial charge >= 0.3 is 0 Å². The molecule has 2 saturated carbocycles. The zero-order valence-electron chi connectivity index (χ0n) is 14.7. The summed E-state index contributed by atoms with van der Waals surface area (Å²) in [6.07, 6.45) is 10.9. The maximum atomic E-state index is 12.5. The van der Waals surface area contributed by atoms with Crippen LogP contribution in [0.5, 0.6) is 0 Å². The molecule has 138 valence electrons. The first-order valence-corrected chi connectivity index (χ1v) is 8.74. The molecule has 0 aromatic carbocycles. The van der Waals surface area contributed by atoms with Crippen LogP contribution in [0, 0.1) is 11.8 Å². The fourth-order valence-electron chi connectivity index (χ4n) is 4.22. The highest BCUT2D eigenvalue weighted by molar-refractivity contribution is 5.85. The number of nitrogens with two attached hydrogens (primary N) is 1. The Morgan fingerprint density at radius 3 is 2.22 bits per heavy atom. The molecule has 0 aliphatic heterocycles. The van der Waals surface area contributed by atoms with Crippen molar-refractivity contribution in [2.45, 2.75) is 63.3 Å². The second-order valence-corrected chi connectivity index (χ2v) is 7.28. The fourth-order valence-corrected chi connectivity index (χ4v) is 4.22. The third-order valence-corrected chi connectivity index (χ3v) is 5.87. The second kappa shape index (κ2) is 10.8. The predicted octanol–water partition coefficient (Wildman–Crippen LogP) is 2.98. The summed E-state index contributed by atoms with van der Waals surface area (Å²) in [7, 11) is 4.32. The summed E-state index contributed by atoms with van der Waals surface area (Å²) < 4.78 is 0. The lowest BCUT2D eigenvalue weighted by molar-refractivity contribution is -0.126. The van der Waals surface area contributed by atoms with E-state index in [0.717, 1.165) is 25.8 Å². The van der Waals surface area contributed by atoms with Crippen LogP contribution in [0.3, 0.4) is 0 Å². The van der Waals surface area contributed by atoms with E-state index in [-0.39, 0.29) is 42.2 Å². The monoisotopic (exact) mass is 367 g/mol. The zero-order chi connectivity index (χ0) is 15.3. The number of hydrogen-bond acceptors (Lipinski definition) is 3. The number of nitrogens with zero attached hydrogens (tertiary/aromatic N) is 1. The van der Waals surface area contributed by atoms with Crippen molar-refractivity contribution in [3.05, 3.63) is 0 Å². The molecule has 0 aromatic rings. The number of carbonyl (C=O) groups is 1. The van der Waals surface area contributed by atoms with Crippen molar-refractivity contribution in [1.82, 2.24) is 10.2 Å². The van der Waals surface area contributed by atoms with Gasteiger partial charge in [0.1, 0.15) is 0 Å². The van der Waals surface area contributed by atoms with Crippen LogP contribution in [-0.4, -0.2) is 43.5 Å². The van der Waals surface area contributed by atoms with Gasteiger partial charge in [0.25, 0.3) is 0 Å². The summed E-state index contributed by atoms with van der Waals surface area (Å²) in [6, 6.07) is 0. The third kappa shape index (κ3) is 5.77. The molecule has 1 amide bonds. The predicted molar refractivity (Wildman–Crippen MR) is 102 cm³/mol. The van der Waals surface area contributed by atoms with Gasteiger partial charge in [-0.2, -0.15) is 0 Å². The molecule has 2 aliphatic carbocycles. The first-order chi connectivity index (χ1) is 10.1. The first kappa shape index (κ1) is 23.0. The summed E-state index contributed by atoms with van der Waals surface area (Å²) in [4.78, 5) is 14.9. The summed E-state index contributed by atoms with van der Waals surface area (Å²) in [5.41, 5.74) is 5.96. The van der Waals surface area contributed by atoms with E-state index in [1.54, 1.807) is 0 Å². The molecule has 2 rings (SSSR count). The van der Waals surface area contributed by atoms with E-state index in [1.165, 1.54) is 38.5 Å². The van der Waals surface area contributed by atoms with Gasteiger partial charge < -0.3 is 16.0 Å². The van der Waals surface area contributed by atoms with Gasteiger partial charge in [-0.25, -0.2) is 0 Å². The van der Waals surface area contributed by atoms with Gasteiger partial charge in [-0.15, -0.1) is 24.8 Å². The van der Waals surface area contributed by atoms with Crippen LogP contribution in [0.2, 0.25) is 0 Å².